The van der Waals surface area contributed by atoms with E-state index in [2.05, 4.69) is 10.6 Å². The van der Waals surface area contributed by atoms with Gasteiger partial charge >= 0.3 is 0 Å². The van der Waals surface area contributed by atoms with Gasteiger partial charge in [0.05, 0.1) is 5.54 Å². The van der Waals surface area contributed by atoms with Gasteiger partial charge in [0, 0.05) is 13.0 Å². The van der Waals surface area contributed by atoms with Crippen molar-refractivity contribution in [3.05, 3.63) is 0 Å². The first-order valence-electron chi connectivity index (χ1n) is 5.97. The van der Waals surface area contributed by atoms with Gasteiger partial charge in [-0.15, -0.1) is 12.4 Å². The molecular formula is C11H20ClN3O2. The van der Waals surface area contributed by atoms with E-state index in [4.69, 9.17) is 5.73 Å². The van der Waals surface area contributed by atoms with Gasteiger partial charge in [-0.3, -0.25) is 9.59 Å². The van der Waals surface area contributed by atoms with Gasteiger partial charge in [0.25, 0.3) is 0 Å². The fourth-order valence-electron chi connectivity index (χ4n) is 2.59. The van der Waals surface area contributed by atoms with E-state index in [0.717, 1.165) is 25.7 Å². The van der Waals surface area contributed by atoms with Crippen LogP contribution < -0.4 is 16.4 Å². The van der Waals surface area contributed by atoms with Crippen LogP contribution in [0.4, 0.5) is 0 Å². The molecule has 6 heteroatoms. The summed E-state index contributed by atoms with van der Waals surface area (Å²) in [6.07, 6.45) is 5.20. The molecule has 0 unspecified atom stereocenters. The number of nitrogens with two attached hydrogens (primary N) is 1. The molecule has 2 rings (SSSR count). The molecule has 0 radical (unpaired) electrons. The molecule has 98 valence electrons. The van der Waals surface area contributed by atoms with Crippen molar-refractivity contribution in [3.8, 4) is 0 Å². The highest BCUT2D eigenvalue weighted by atomic mass is 35.5. The highest BCUT2D eigenvalue weighted by Crippen LogP contribution is 2.28. The summed E-state index contributed by atoms with van der Waals surface area (Å²) >= 11 is 0. The van der Waals surface area contributed by atoms with Crippen molar-refractivity contribution in [2.24, 2.45) is 5.73 Å². The van der Waals surface area contributed by atoms with E-state index < -0.39 is 0 Å². The number of amides is 2. The number of hydrogen-bond donors (Lipinski definition) is 3. The third kappa shape index (κ3) is 3.10. The van der Waals surface area contributed by atoms with E-state index in [1.807, 2.05) is 0 Å². The second-order valence-electron chi connectivity index (χ2n) is 4.84. The van der Waals surface area contributed by atoms with Crippen LogP contribution in [-0.4, -0.2) is 29.9 Å². The number of halogens is 1. The highest BCUT2D eigenvalue weighted by molar-refractivity contribution is 5.91. The second-order valence-corrected chi connectivity index (χ2v) is 4.84. The van der Waals surface area contributed by atoms with Gasteiger partial charge in [-0.05, 0) is 19.3 Å². The first kappa shape index (κ1) is 14.3. The maximum absolute atomic E-state index is 11.9. The molecule has 4 N–H and O–H groups in total. The van der Waals surface area contributed by atoms with Crippen LogP contribution in [0.5, 0.6) is 0 Å². The maximum atomic E-state index is 11.9. The summed E-state index contributed by atoms with van der Waals surface area (Å²) in [5.74, 6) is -0.105. The molecule has 0 aromatic carbocycles. The van der Waals surface area contributed by atoms with E-state index in [9.17, 15) is 9.59 Å². The van der Waals surface area contributed by atoms with Gasteiger partial charge in [0.2, 0.25) is 11.8 Å². The summed E-state index contributed by atoms with van der Waals surface area (Å²) < 4.78 is 0. The summed E-state index contributed by atoms with van der Waals surface area (Å²) in [4.78, 5) is 23.0. The average Bonchev–Trinajstić information content (AvgIpc) is 2.88. The summed E-state index contributed by atoms with van der Waals surface area (Å²) in [6.45, 7) is 0.486. The van der Waals surface area contributed by atoms with Gasteiger partial charge in [0.15, 0.2) is 0 Å². The monoisotopic (exact) mass is 261 g/mol. The molecule has 0 aromatic heterocycles. The summed E-state index contributed by atoms with van der Waals surface area (Å²) in [6, 6.07) is -0.350. The van der Waals surface area contributed by atoms with Crippen molar-refractivity contribution in [2.45, 2.75) is 50.1 Å². The Balaban J connectivity index is 0.00000144. The van der Waals surface area contributed by atoms with E-state index in [1.54, 1.807) is 0 Å². The van der Waals surface area contributed by atoms with E-state index >= 15 is 0 Å². The Kier molecular flexibility index (Phi) is 4.77. The van der Waals surface area contributed by atoms with Crippen molar-refractivity contribution in [1.29, 1.82) is 0 Å². The predicted molar refractivity (Wildman–Crippen MR) is 66.8 cm³/mol. The topological polar surface area (TPSA) is 84.2 Å². The Labute approximate surface area is 107 Å². The molecule has 2 aliphatic rings. The Morgan fingerprint density at radius 2 is 2.12 bits per heavy atom. The molecular weight excluding hydrogens is 242 g/mol. The number of carbonyl (C=O) groups excluding carboxylic acids is 2. The minimum absolute atomic E-state index is 0. The maximum Gasteiger partial charge on any atom is 0.243 e. The third-order valence-corrected chi connectivity index (χ3v) is 3.65. The lowest BCUT2D eigenvalue weighted by atomic mass is 9.97. The second kappa shape index (κ2) is 5.69. The first-order valence-corrected chi connectivity index (χ1v) is 5.97. The largest absolute Gasteiger partial charge is 0.348 e. The molecule has 1 saturated heterocycles. The Hall–Kier alpha value is -0.810. The fourth-order valence-corrected chi connectivity index (χ4v) is 2.59. The van der Waals surface area contributed by atoms with Crippen LogP contribution in [0.15, 0.2) is 0 Å². The Morgan fingerprint density at radius 1 is 1.47 bits per heavy atom. The van der Waals surface area contributed by atoms with Gasteiger partial charge < -0.3 is 16.4 Å². The van der Waals surface area contributed by atoms with Crippen molar-refractivity contribution >= 4 is 24.2 Å². The first-order chi connectivity index (χ1) is 7.65. The van der Waals surface area contributed by atoms with E-state index in [0.29, 0.717) is 19.4 Å². The van der Waals surface area contributed by atoms with Crippen molar-refractivity contribution in [2.75, 3.05) is 6.54 Å². The fraction of sp³-hybridized carbons (Fsp3) is 0.818. The van der Waals surface area contributed by atoms with Crippen molar-refractivity contribution < 1.29 is 9.59 Å². The van der Waals surface area contributed by atoms with E-state index in [1.165, 1.54) is 0 Å². The molecule has 2 fully saturated rings. The van der Waals surface area contributed by atoms with Gasteiger partial charge in [-0.25, -0.2) is 0 Å². The molecule has 1 aliphatic heterocycles. The predicted octanol–water partition coefficient (Wildman–Crippen LogP) is 0.0745. The van der Waals surface area contributed by atoms with Crippen molar-refractivity contribution in [3.63, 3.8) is 0 Å². The minimum Gasteiger partial charge on any atom is -0.348 e. The molecule has 1 aliphatic carbocycles. The lowest BCUT2D eigenvalue weighted by molar-refractivity contribution is -0.127. The number of carbonyl (C=O) groups is 2. The average molecular weight is 262 g/mol. The summed E-state index contributed by atoms with van der Waals surface area (Å²) in [5.41, 5.74) is 5.52. The molecule has 0 bridgehead atoms. The summed E-state index contributed by atoms with van der Waals surface area (Å²) in [7, 11) is 0. The van der Waals surface area contributed by atoms with Gasteiger partial charge in [0.1, 0.15) is 6.04 Å². The molecule has 0 aromatic rings. The van der Waals surface area contributed by atoms with Crippen LogP contribution in [0.1, 0.15) is 38.5 Å². The van der Waals surface area contributed by atoms with Gasteiger partial charge in [-0.2, -0.15) is 0 Å². The lowest BCUT2D eigenvalue weighted by Crippen LogP contribution is -2.56. The van der Waals surface area contributed by atoms with Gasteiger partial charge in [-0.1, -0.05) is 12.8 Å². The molecule has 2 amide bonds. The highest BCUT2D eigenvalue weighted by Gasteiger charge is 2.37. The van der Waals surface area contributed by atoms with Crippen LogP contribution >= 0.6 is 12.4 Å². The van der Waals surface area contributed by atoms with Crippen LogP contribution in [-0.2, 0) is 9.59 Å². The molecule has 17 heavy (non-hydrogen) atoms. The molecule has 1 saturated carbocycles. The number of nitrogens with one attached hydrogen (secondary N) is 2. The van der Waals surface area contributed by atoms with Crippen molar-refractivity contribution in [1.82, 2.24) is 10.6 Å². The molecule has 1 atom stereocenters. The zero-order valence-corrected chi connectivity index (χ0v) is 10.6. The quantitative estimate of drug-likeness (QED) is 0.672. The van der Waals surface area contributed by atoms with Crippen LogP contribution in [0.3, 0.4) is 0 Å². The zero-order valence-electron chi connectivity index (χ0n) is 9.83. The third-order valence-electron chi connectivity index (χ3n) is 3.65. The SMILES string of the molecule is Cl.NCC1(NC(=O)[C@H]2CCC(=O)N2)CCCC1. The minimum atomic E-state index is -0.350. The Morgan fingerprint density at radius 3 is 2.59 bits per heavy atom. The molecule has 5 nitrogen and oxygen atoms in total. The number of hydrogen-bond acceptors (Lipinski definition) is 3. The molecule has 1 heterocycles. The van der Waals surface area contributed by atoms with Crippen LogP contribution in [0.25, 0.3) is 0 Å². The standard InChI is InChI=1S/C11H19N3O2.ClH/c12-7-11(5-1-2-6-11)14-10(16)8-3-4-9(15)13-8;/h8H,1-7,12H2,(H,13,15)(H,14,16);1H/t8-;/m1./s1. The zero-order chi connectivity index (χ0) is 11.6. The molecule has 0 spiro atoms. The summed E-state index contributed by atoms with van der Waals surface area (Å²) in [5, 5.41) is 5.70. The van der Waals surface area contributed by atoms with E-state index in [-0.39, 0.29) is 35.8 Å². The van der Waals surface area contributed by atoms with Crippen LogP contribution in [0.2, 0.25) is 0 Å². The Bertz CT molecular complexity index is 303. The normalized spacial score (nSPS) is 26.2. The lowest BCUT2D eigenvalue weighted by Gasteiger charge is -2.30. The number of rotatable bonds is 3. The van der Waals surface area contributed by atoms with Crippen LogP contribution in [0, 0.1) is 0 Å². The smallest absolute Gasteiger partial charge is 0.243 e.